The third-order valence-electron chi connectivity index (χ3n) is 2.27. The van der Waals surface area contributed by atoms with Gasteiger partial charge in [-0.2, -0.15) is 0 Å². The lowest BCUT2D eigenvalue weighted by molar-refractivity contribution is -0.134. The Hall–Kier alpha value is -1.89. The van der Waals surface area contributed by atoms with Gasteiger partial charge in [-0.1, -0.05) is 6.08 Å². The zero-order valence-electron chi connectivity index (χ0n) is 10.5. The summed E-state index contributed by atoms with van der Waals surface area (Å²) in [6.45, 7) is 1.82. The van der Waals surface area contributed by atoms with E-state index in [0.29, 0.717) is 11.3 Å². The average molecular weight is 329 g/mol. The minimum Gasteiger partial charge on any atom is -0.466 e. The Morgan fingerprint density at radius 1 is 1.53 bits per heavy atom. The monoisotopic (exact) mass is 328 g/mol. The van der Waals surface area contributed by atoms with Gasteiger partial charge in [0.25, 0.3) is 11.5 Å². The molecule has 0 saturated carbocycles. The Morgan fingerprint density at radius 3 is 2.84 bits per heavy atom. The SMILES string of the molecule is COC(=O)/C=C/CNC(=O)c1cc(Br)c(=O)[nH]c1C. The van der Waals surface area contributed by atoms with Crippen LogP contribution in [0.15, 0.2) is 27.5 Å². The van der Waals surface area contributed by atoms with Gasteiger partial charge in [0.1, 0.15) is 0 Å². The number of amides is 1. The molecule has 0 aliphatic rings. The second-order valence-corrected chi connectivity index (χ2v) is 4.47. The number of ether oxygens (including phenoxy) is 1. The lowest BCUT2D eigenvalue weighted by Crippen LogP contribution is -2.26. The van der Waals surface area contributed by atoms with Crippen LogP contribution in [0.2, 0.25) is 0 Å². The maximum absolute atomic E-state index is 11.8. The van der Waals surface area contributed by atoms with Crippen LogP contribution in [-0.4, -0.2) is 30.5 Å². The minimum atomic E-state index is -0.489. The summed E-state index contributed by atoms with van der Waals surface area (Å²) in [6, 6.07) is 1.45. The van der Waals surface area contributed by atoms with Crippen molar-refractivity contribution in [2.45, 2.75) is 6.92 Å². The van der Waals surface area contributed by atoms with E-state index in [0.717, 1.165) is 0 Å². The molecule has 0 spiro atoms. The molecule has 0 fully saturated rings. The molecule has 0 unspecified atom stereocenters. The molecule has 6 nitrogen and oxygen atoms in total. The molecule has 0 aliphatic heterocycles. The first kappa shape index (κ1) is 15.2. The largest absolute Gasteiger partial charge is 0.466 e. The Labute approximate surface area is 118 Å². The Bertz CT molecular complexity index is 578. The van der Waals surface area contributed by atoms with E-state index in [1.807, 2.05) is 0 Å². The van der Waals surface area contributed by atoms with Crippen LogP contribution in [0.25, 0.3) is 0 Å². The number of esters is 1. The van der Waals surface area contributed by atoms with Crippen molar-refractivity contribution in [1.82, 2.24) is 10.3 Å². The van der Waals surface area contributed by atoms with Crippen molar-refractivity contribution in [1.29, 1.82) is 0 Å². The summed E-state index contributed by atoms with van der Waals surface area (Å²) in [4.78, 5) is 36.5. The number of carbonyl (C=O) groups is 2. The summed E-state index contributed by atoms with van der Waals surface area (Å²) in [7, 11) is 1.27. The first-order chi connectivity index (χ1) is 8.95. The van der Waals surface area contributed by atoms with Crippen LogP contribution < -0.4 is 10.9 Å². The molecule has 0 saturated heterocycles. The number of aryl methyl sites for hydroxylation is 1. The van der Waals surface area contributed by atoms with Gasteiger partial charge < -0.3 is 15.0 Å². The number of nitrogens with one attached hydrogen (secondary N) is 2. The highest BCUT2D eigenvalue weighted by Gasteiger charge is 2.10. The van der Waals surface area contributed by atoms with Gasteiger partial charge in [-0.3, -0.25) is 9.59 Å². The quantitative estimate of drug-likeness (QED) is 0.635. The van der Waals surface area contributed by atoms with Crippen LogP contribution in [0.5, 0.6) is 0 Å². The molecule has 7 heteroatoms. The predicted molar refractivity (Wildman–Crippen MR) is 73.0 cm³/mol. The highest BCUT2D eigenvalue weighted by atomic mass is 79.9. The van der Waals surface area contributed by atoms with Crippen LogP contribution in [0.1, 0.15) is 16.1 Å². The normalized spacial score (nSPS) is 10.5. The number of aromatic amines is 1. The summed E-state index contributed by atoms with van der Waals surface area (Å²) >= 11 is 3.06. The summed E-state index contributed by atoms with van der Waals surface area (Å²) in [5.74, 6) is -0.832. The molecule has 0 aromatic carbocycles. The van der Waals surface area contributed by atoms with Crippen molar-refractivity contribution in [3.8, 4) is 0 Å². The topological polar surface area (TPSA) is 88.3 Å². The fourth-order valence-electron chi connectivity index (χ4n) is 1.30. The summed E-state index contributed by atoms with van der Waals surface area (Å²) in [6.07, 6.45) is 2.69. The number of carbonyl (C=O) groups excluding carboxylic acids is 2. The van der Waals surface area contributed by atoms with Crippen molar-refractivity contribution in [2.75, 3.05) is 13.7 Å². The Kier molecular flexibility index (Phi) is 5.50. The van der Waals surface area contributed by atoms with Crippen LogP contribution in [-0.2, 0) is 9.53 Å². The number of rotatable bonds is 4. The van der Waals surface area contributed by atoms with E-state index < -0.39 is 5.97 Å². The van der Waals surface area contributed by atoms with Crippen LogP contribution in [0.4, 0.5) is 0 Å². The molecule has 1 amide bonds. The van der Waals surface area contributed by atoms with Crippen LogP contribution in [0.3, 0.4) is 0 Å². The number of H-pyrrole nitrogens is 1. The lowest BCUT2D eigenvalue weighted by atomic mass is 10.2. The standard InChI is InChI=1S/C12H13BrN2O4/c1-7-8(6-9(13)12(18)15-7)11(17)14-5-3-4-10(16)19-2/h3-4,6H,5H2,1-2H3,(H,14,17)(H,15,18)/b4-3+. The highest BCUT2D eigenvalue weighted by molar-refractivity contribution is 9.10. The number of halogens is 1. The van der Waals surface area contributed by atoms with Gasteiger partial charge in [-0.15, -0.1) is 0 Å². The number of hydrogen-bond donors (Lipinski definition) is 2. The second-order valence-electron chi connectivity index (χ2n) is 3.62. The minimum absolute atomic E-state index is 0.185. The summed E-state index contributed by atoms with van der Waals surface area (Å²) in [5, 5.41) is 2.59. The predicted octanol–water partition coefficient (Wildman–Crippen LogP) is 0.905. The van der Waals surface area contributed by atoms with Crippen molar-refractivity contribution in [2.24, 2.45) is 0 Å². The third-order valence-corrected chi connectivity index (χ3v) is 2.86. The molecule has 102 valence electrons. The van der Waals surface area contributed by atoms with E-state index >= 15 is 0 Å². The zero-order chi connectivity index (χ0) is 14.4. The number of aromatic nitrogens is 1. The Morgan fingerprint density at radius 2 is 2.21 bits per heavy atom. The first-order valence-electron chi connectivity index (χ1n) is 5.37. The molecule has 0 radical (unpaired) electrons. The van der Waals surface area contributed by atoms with Gasteiger partial charge in [0.2, 0.25) is 0 Å². The molecule has 0 aliphatic carbocycles. The third kappa shape index (κ3) is 4.36. The summed E-state index contributed by atoms with van der Waals surface area (Å²) in [5.41, 5.74) is 0.542. The maximum atomic E-state index is 11.8. The van der Waals surface area contributed by atoms with E-state index in [1.54, 1.807) is 6.92 Å². The highest BCUT2D eigenvalue weighted by Crippen LogP contribution is 2.09. The number of hydrogen-bond acceptors (Lipinski definition) is 4. The molecule has 0 bridgehead atoms. The molecule has 2 N–H and O–H groups in total. The van der Waals surface area contributed by atoms with E-state index in [2.05, 4.69) is 31.0 Å². The van der Waals surface area contributed by atoms with Crippen molar-refractivity contribution >= 4 is 27.8 Å². The number of methoxy groups -OCH3 is 1. The van der Waals surface area contributed by atoms with Crippen molar-refractivity contribution in [3.05, 3.63) is 44.3 Å². The van der Waals surface area contributed by atoms with E-state index in [4.69, 9.17) is 0 Å². The molecule has 19 heavy (non-hydrogen) atoms. The van der Waals surface area contributed by atoms with Gasteiger partial charge in [-0.25, -0.2) is 4.79 Å². The van der Waals surface area contributed by atoms with Gasteiger partial charge >= 0.3 is 5.97 Å². The van der Waals surface area contributed by atoms with Crippen molar-refractivity contribution in [3.63, 3.8) is 0 Å². The molecule has 1 aromatic heterocycles. The molecule has 1 rings (SSSR count). The molecule has 0 atom stereocenters. The van der Waals surface area contributed by atoms with Crippen LogP contribution >= 0.6 is 15.9 Å². The molecule has 1 aromatic rings. The Balaban J connectivity index is 2.69. The fourth-order valence-corrected chi connectivity index (χ4v) is 1.63. The summed E-state index contributed by atoms with van der Waals surface area (Å²) < 4.78 is 4.69. The van der Waals surface area contributed by atoms with E-state index in [9.17, 15) is 14.4 Å². The van der Waals surface area contributed by atoms with Gasteiger partial charge in [-0.05, 0) is 28.9 Å². The average Bonchev–Trinajstić information content (AvgIpc) is 2.38. The van der Waals surface area contributed by atoms with Crippen LogP contribution in [0, 0.1) is 6.92 Å². The molecular formula is C12H13BrN2O4. The first-order valence-corrected chi connectivity index (χ1v) is 6.17. The molecule has 1 heterocycles. The number of pyridine rings is 1. The van der Waals surface area contributed by atoms with Gasteiger partial charge in [0.15, 0.2) is 0 Å². The maximum Gasteiger partial charge on any atom is 0.330 e. The van der Waals surface area contributed by atoms with Gasteiger partial charge in [0.05, 0.1) is 17.1 Å². The molecular weight excluding hydrogens is 316 g/mol. The zero-order valence-corrected chi connectivity index (χ0v) is 12.0. The van der Waals surface area contributed by atoms with E-state index in [-0.39, 0.29) is 22.5 Å². The van der Waals surface area contributed by atoms with Crippen molar-refractivity contribution < 1.29 is 14.3 Å². The lowest BCUT2D eigenvalue weighted by Gasteiger charge is -2.06. The van der Waals surface area contributed by atoms with E-state index in [1.165, 1.54) is 25.3 Å². The fraction of sp³-hybridized carbons (Fsp3) is 0.250. The second kappa shape index (κ2) is 6.89. The smallest absolute Gasteiger partial charge is 0.330 e. The van der Waals surface area contributed by atoms with Gasteiger partial charge in [0, 0.05) is 18.3 Å².